The van der Waals surface area contributed by atoms with Gasteiger partial charge in [-0.25, -0.2) is 9.63 Å². The van der Waals surface area contributed by atoms with Crippen molar-refractivity contribution in [3.8, 4) is 0 Å². The van der Waals surface area contributed by atoms with Gasteiger partial charge in [0.2, 0.25) is 12.1 Å². The Bertz CT molecular complexity index is 670. The van der Waals surface area contributed by atoms with Gasteiger partial charge in [0.05, 0.1) is 0 Å². The quantitative estimate of drug-likeness (QED) is 0.847. The summed E-state index contributed by atoms with van der Waals surface area (Å²) in [5.74, 6) is -0.508. The number of urea groups is 1. The van der Waals surface area contributed by atoms with Gasteiger partial charge in [0.15, 0.2) is 0 Å². The summed E-state index contributed by atoms with van der Waals surface area (Å²) in [6.07, 6.45) is -0.351. The van der Waals surface area contributed by atoms with Crippen molar-refractivity contribution in [1.82, 2.24) is 5.06 Å². The third-order valence-corrected chi connectivity index (χ3v) is 3.09. The zero-order valence-electron chi connectivity index (χ0n) is 11.0. The fourth-order valence-corrected chi connectivity index (χ4v) is 1.95. The molecule has 1 atom stereocenters. The van der Waals surface area contributed by atoms with Gasteiger partial charge in [0.25, 0.3) is 0 Å². The van der Waals surface area contributed by atoms with Crippen LogP contribution in [0.15, 0.2) is 54.6 Å². The van der Waals surface area contributed by atoms with E-state index in [1.54, 1.807) is 24.3 Å². The van der Waals surface area contributed by atoms with Gasteiger partial charge < -0.3 is 11.1 Å². The molecule has 2 aromatic carbocycles. The molecule has 1 fully saturated rings. The molecule has 6 heteroatoms. The molecule has 0 bridgehead atoms. The summed E-state index contributed by atoms with van der Waals surface area (Å²) >= 11 is 0. The Kier molecular flexibility index (Phi) is 3.29. The van der Waals surface area contributed by atoms with Gasteiger partial charge >= 0.3 is 6.03 Å². The van der Waals surface area contributed by atoms with E-state index in [0.717, 1.165) is 5.56 Å². The van der Waals surface area contributed by atoms with Gasteiger partial charge in [-0.3, -0.25) is 4.79 Å². The lowest BCUT2D eigenvalue weighted by Crippen LogP contribution is -2.19. The highest BCUT2D eigenvalue weighted by Gasteiger charge is 2.42. The van der Waals surface area contributed by atoms with Crippen LogP contribution in [0.2, 0.25) is 0 Å². The summed E-state index contributed by atoms with van der Waals surface area (Å²) in [6, 6.07) is 15.4. The Balaban J connectivity index is 1.62. The molecule has 0 saturated carbocycles. The number of primary amides is 1. The maximum absolute atomic E-state index is 12.0. The van der Waals surface area contributed by atoms with E-state index in [1.165, 1.54) is 5.06 Å². The van der Waals surface area contributed by atoms with Crippen LogP contribution < -0.4 is 11.1 Å². The number of benzene rings is 2. The number of hydrogen-bond acceptors (Lipinski definition) is 3. The van der Waals surface area contributed by atoms with Gasteiger partial charge in [0.1, 0.15) is 0 Å². The number of nitrogens with zero attached hydrogens (tertiary/aromatic N) is 1. The monoisotopic (exact) mass is 283 g/mol. The molecule has 3 rings (SSSR count). The Morgan fingerprint density at radius 2 is 1.71 bits per heavy atom. The number of nitrogens with one attached hydrogen (secondary N) is 1. The topological polar surface area (TPSA) is 87.7 Å². The Morgan fingerprint density at radius 1 is 1.05 bits per heavy atom. The van der Waals surface area contributed by atoms with E-state index >= 15 is 0 Å². The summed E-state index contributed by atoms with van der Waals surface area (Å²) in [5, 5.41) is 3.93. The van der Waals surface area contributed by atoms with E-state index in [2.05, 4.69) is 5.32 Å². The number of amides is 3. The minimum Gasteiger partial charge on any atom is -0.366 e. The van der Waals surface area contributed by atoms with E-state index in [4.69, 9.17) is 10.6 Å². The van der Waals surface area contributed by atoms with Crippen LogP contribution in [0, 0.1) is 0 Å². The number of anilines is 1. The Hall–Kier alpha value is -2.86. The van der Waals surface area contributed by atoms with Crippen LogP contribution in [0.1, 0.15) is 22.1 Å². The van der Waals surface area contributed by atoms with Crippen molar-refractivity contribution in [1.29, 1.82) is 0 Å². The zero-order chi connectivity index (χ0) is 14.8. The molecule has 1 aliphatic heterocycles. The number of carbonyl (C=O) groups is 2. The molecule has 21 heavy (non-hydrogen) atoms. The Labute approximate surface area is 121 Å². The molecule has 1 unspecified atom stereocenters. The van der Waals surface area contributed by atoms with Crippen molar-refractivity contribution in [3.63, 3.8) is 0 Å². The first-order chi connectivity index (χ1) is 10.1. The van der Waals surface area contributed by atoms with E-state index in [-0.39, 0.29) is 12.3 Å². The SMILES string of the molecule is NC(=O)c1ccc(NC(=O)N2OC2c2ccccc2)cc1. The second-order valence-corrected chi connectivity index (χ2v) is 4.57. The molecule has 1 aliphatic rings. The van der Waals surface area contributed by atoms with Crippen molar-refractivity contribution in [3.05, 3.63) is 65.7 Å². The van der Waals surface area contributed by atoms with E-state index in [1.807, 2.05) is 30.3 Å². The lowest BCUT2D eigenvalue weighted by atomic mass is 10.2. The molecule has 106 valence electrons. The maximum Gasteiger partial charge on any atom is 0.348 e. The number of nitrogens with two attached hydrogens (primary N) is 1. The van der Waals surface area contributed by atoms with Crippen LogP contribution in [0.25, 0.3) is 0 Å². The molecule has 1 saturated heterocycles. The van der Waals surface area contributed by atoms with E-state index < -0.39 is 5.91 Å². The summed E-state index contributed by atoms with van der Waals surface area (Å²) < 4.78 is 0. The predicted molar refractivity (Wildman–Crippen MR) is 76.1 cm³/mol. The normalized spacial score (nSPS) is 16.4. The largest absolute Gasteiger partial charge is 0.366 e. The number of carbonyl (C=O) groups excluding carboxylic acids is 2. The molecule has 0 aromatic heterocycles. The highest BCUT2D eigenvalue weighted by molar-refractivity contribution is 5.94. The first-order valence-electron chi connectivity index (χ1n) is 6.37. The standard InChI is InChI=1S/C15H13N3O3/c16-13(19)10-6-8-12(9-7-10)17-15(20)18-14(21-18)11-4-2-1-3-5-11/h1-9,14H,(H2,16,19)(H,17,20). The summed E-state index contributed by atoms with van der Waals surface area (Å²) in [4.78, 5) is 28.2. The van der Waals surface area contributed by atoms with Crippen LogP contribution in [0.5, 0.6) is 0 Å². The molecule has 1 heterocycles. The molecule has 3 amide bonds. The van der Waals surface area contributed by atoms with E-state index in [0.29, 0.717) is 11.3 Å². The first kappa shape index (κ1) is 13.1. The van der Waals surface area contributed by atoms with Crippen molar-refractivity contribution >= 4 is 17.6 Å². The third-order valence-electron chi connectivity index (χ3n) is 3.09. The minimum absolute atomic E-state index is 0.351. The predicted octanol–water partition coefficient (Wildman–Crippen LogP) is 2.26. The van der Waals surface area contributed by atoms with Crippen LogP contribution >= 0.6 is 0 Å². The van der Waals surface area contributed by atoms with Crippen molar-refractivity contribution < 1.29 is 14.4 Å². The Morgan fingerprint density at radius 3 is 2.33 bits per heavy atom. The van der Waals surface area contributed by atoms with Crippen molar-refractivity contribution in [2.24, 2.45) is 5.73 Å². The second-order valence-electron chi connectivity index (χ2n) is 4.57. The molecular formula is C15H13N3O3. The van der Waals surface area contributed by atoms with Gasteiger partial charge in [-0.15, -0.1) is 0 Å². The molecule has 0 spiro atoms. The van der Waals surface area contributed by atoms with Gasteiger partial charge in [-0.2, -0.15) is 5.06 Å². The summed E-state index contributed by atoms with van der Waals surface area (Å²) in [7, 11) is 0. The average Bonchev–Trinajstić information content (AvgIpc) is 3.29. The smallest absolute Gasteiger partial charge is 0.348 e. The van der Waals surface area contributed by atoms with Crippen molar-refractivity contribution in [2.75, 3.05) is 5.32 Å². The van der Waals surface area contributed by atoms with Crippen molar-refractivity contribution in [2.45, 2.75) is 6.23 Å². The van der Waals surface area contributed by atoms with Crippen LogP contribution in [-0.2, 0) is 4.84 Å². The first-order valence-corrected chi connectivity index (χ1v) is 6.37. The van der Waals surface area contributed by atoms with Crippen LogP contribution in [-0.4, -0.2) is 17.0 Å². The number of hydroxylamine groups is 2. The average molecular weight is 283 g/mol. The van der Waals surface area contributed by atoms with Crippen LogP contribution in [0.4, 0.5) is 10.5 Å². The van der Waals surface area contributed by atoms with Crippen LogP contribution in [0.3, 0.4) is 0 Å². The molecule has 3 N–H and O–H groups in total. The van der Waals surface area contributed by atoms with Gasteiger partial charge in [0, 0.05) is 16.8 Å². The highest BCUT2D eigenvalue weighted by Crippen LogP contribution is 2.37. The second kappa shape index (κ2) is 5.26. The molecule has 0 aliphatic carbocycles. The highest BCUT2D eigenvalue weighted by atomic mass is 16.8. The zero-order valence-corrected chi connectivity index (χ0v) is 11.0. The molecule has 6 nitrogen and oxygen atoms in total. The lowest BCUT2D eigenvalue weighted by molar-refractivity contribution is 0.100. The van der Waals surface area contributed by atoms with Gasteiger partial charge in [-0.1, -0.05) is 30.3 Å². The fourth-order valence-electron chi connectivity index (χ4n) is 1.95. The third kappa shape index (κ3) is 2.85. The number of rotatable bonds is 3. The molecule has 2 aromatic rings. The van der Waals surface area contributed by atoms with E-state index in [9.17, 15) is 9.59 Å². The summed E-state index contributed by atoms with van der Waals surface area (Å²) in [5.41, 5.74) is 7.01. The maximum atomic E-state index is 12.0. The number of hydrogen-bond donors (Lipinski definition) is 2. The molecular weight excluding hydrogens is 270 g/mol. The fraction of sp³-hybridized carbons (Fsp3) is 0.0667. The molecule has 0 radical (unpaired) electrons. The van der Waals surface area contributed by atoms with Gasteiger partial charge in [-0.05, 0) is 24.3 Å². The summed E-state index contributed by atoms with van der Waals surface area (Å²) in [6.45, 7) is 0. The lowest BCUT2D eigenvalue weighted by Gasteiger charge is -2.04. The minimum atomic E-state index is -0.508.